The van der Waals surface area contributed by atoms with Gasteiger partial charge in [-0.3, -0.25) is 9.59 Å². The van der Waals surface area contributed by atoms with Gasteiger partial charge in [-0.1, -0.05) is 25.7 Å². The molecule has 2 aromatic carbocycles. The van der Waals surface area contributed by atoms with Crippen molar-refractivity contribution in [3.05, 3.63) is 59.7 Å². The molecule has 0 amide bonds. The second-order valence-corrected chi connectivity index (χ2v) is 9.05. The van der Waals surface area contributed by atoms with Gasteiger partial charge >= 0.3 is 0 Å². The fourth-order valence-corrected chi connectivity index (χ4v) is 3.75. The van der Waals surface area contributed by atoms with Gasteiger partial charge in [0.15, 0.2) is 11.6 Å². The molecule has 2 aliphatic rings. The van der Waals surface area contributed by atoms with Crippen LogP contribution in [0.5, 0.6) is 11.5 Å². The van der Waals surface area contributed by atoms with E-state index in [0.29, 0.717) is 26.1 Å². The van der Waals surface area contributed by atoms with Crippen LogP contribution in [0, 0.1) is 0 Å². The summed E-state index contributed by atoms with van der Waals surface area (Å²) in [7, 11) is 0. The van der Waals surface area contributed by atoms with Crippen molar-refractivity contribution in [3.63, 3.8) is 0 Å². The number of ketones is 2. The van der Waals surface area contributed by atoms with E-state index in [2.05, 4.69) is 0 Å². The van der Waals surface area contributed by atoms with E-state index < -0.39 is 0 Å². The van der Waals surface area contributed by atoms with Crippen molar-refractivity contribution in [1.29, 1.82) is 0 Å². The minimum Gasteiger partial charge on any atom is -0.491 e. The third kappa shape index (κ3) is 8.58. The second-order valence-electron chi connectivity index (χ2n) is 9.05. The summed E-state index contributed by atoms with van der Waals surface area (Å²) in [6.07, 6.45) is 7.66. The molecule has 0 radical (unpaired) electrons. The summed E-state index contributed by atoms with van der Waals surface area (Å²) in [4.78, 5) is 24.7. The van der Waals surface area contributed by atoms with E-state index in [0.717, 1.165) is 74.4 Å². The number of Topliss-reactive ketones (excluding diaryl/α,β-unsaturated/α-hetero) is 2. The molecule has 0 N–H and O–H groups in total. The van der Waals surface area contributed by atoms with Crippen LogP contribution in [-0.4, -0.2) is 50.2 Å². The highest BCUT2D eigenvalue weighted by atomic mass is 16.6. The standard InChI is InChI=1S/C28H34O6/c29-27(21-9-13-23(14-10-21)31-17-25-19-33-25)7-5-3-1-2-4-6-8-28(30)22-11-15-24(16-12-22)32-18-26-20-34-26/h9-16,25-26H,1-8,17-20H2. The molecular formula is C28H34O6. The summed E-state index contributed by atoms with van der Waals surface area (Å²) in [6.45, 7) is 2.69. The molecule has 0 bridgehead atoms. The highest BCUT2D eigenvalue weighted by Gasteiger charge is 2.23. The number of carbonyl (C=O) groups is 2. The van der Waals surface area contributed by atoms with Gasteiger partial charge in [0, 0.05) is 24.0 Å². The lowest BCUT2D eigenvalue weighted by Gasteiger charge is -2.06. The highest BCUT2D eigenvalue weighted by Crippen LogP contribution is 2.19. The predicted octanol–water partition coefficient (Wildman–Crippen LogP) is 5.43. The Hall–Kier alpha value is -2.70. The number of ether oxygens (including phenoxy) is 4. The summed E-state index contributed by atoms with van der Waals surface area (Å²) < 4.78 is 21.5. The van der Waals surface area contributed by atoms with E-state index in [1.165, 1.54) is 0 Å². The Bertz CT molecular complexity index is 835. The van der Waals surface area contributed by atoms with Crippen LogP contribution in [0.25, 0.3) is 0 Å². The quantitative estimate of drug-likeness (QED) is 0.176. The number of unbranched alkanes of at least 4 members (excludes halogenated alkanes) is 5. The molecule has 2 heterocycles. The normalized spacial score (nSPS) is 18.4. The topological polar surface area (TPSA) is 77.7 Å². The molecular weight excluding hydrogens is 432 g/mol. The van der Waals surface area contributed by atoms with Gasteiger partial charge in [0.2, 0.25) is 0 Å². The van der Waals surface area contributed by atoms with E-state index in [1.807, 2.05) is 48.5 Å². The lowest BCUT2D eigenvalue weighted by atomic mass is 10.0. The van der Waals surface area contributed by atoms with Gasteiger partial charge < -0.3 is 18.9 Å². The molecule has 0 saturated carbocycles. The molecule has 2 aliphatic heterocycles. The Labute approximate surface area is 201 Å². The van der Waals surface area contributed by atoms with E-state index in [9.17, 15) is 9.59 Å². The Morgan fingerprint density at radius 2 is 0.971 bits per heavy atom. The van der Waals surface area contributed by atoms with Crippen molar-refractivity contribution in [2.45, 2.75) is 63.6 Å². The van der Waals surface area contributed by atoms with Gasteiger partial charge in [0.05, 0.1) is 13.2 Å². The molecule has 0 aromatic heterocycles. The van der Waals surface area contributed by atoms with Crippen molar-refractivity contribution in [3.8, 4) is 11.5 Å². The number of hydrogen-bond acceptors (Lipinski definition) is 6. The van der Waals surface area contributed by atoms with Crippen molar-refractivity contribution >= 4 is 11.6 Å². The van der Waals surface area contributed by atoms with Crippen molar-refractivity contribution in [2.75, 3.05) is 26.4 Å². The van der Waals surface area contributed by atoms with Gasteiger partial charge in [-0.25, -0.2) is 0 Å². The molecule has 2 saturated heterocycles. The summed E-state index contributed by atoms with van der Waals surface area (Å²) in [5.74, 6) is 1.91. The summed E-state index contributed by atoms with van der Waals surface area (Å²) >= 11 is 0. The van der Waals surface area contributed by atoms with Crippen LogP contribution in [0.1, 0.15) is 72.1 Å². The van der Waals surface area contributed by atoms with Gasteiger partial charge in [-0.15, -0.1) is 0 Å². The van der Waals surface area contributed by atoms with Crippen LogP contribution >= 0.6 is 0 Å². The highest BCUT2D eigenvalue weighted by molar-refractivity contribution is 5.96. The van der Waals surface area contributed by atoms with Gasteiger partial charge in [0.25, 0.3) is 0 Å². The zero-order valence-corrected chi connectivity index (χ0v) is 19.7. The van der Waals surface area contributed by atoms with E-state index >= 15 is 0 Å². The first-order valence-electron chi connectivity index (χ1n) is 12.4. The maximum Gasteiger partial charge on any atom is 0.162 e. The molecule has 0 spiro atoms. The lowest BCUT2D eigenvalue weighted by Crippen LogP contribution is -2.04. The number of carbonyl (C=O) groups excluding carboxylic acids is 2. The minimum absolute atomic E-state index is 0.181. The zero-order chi connectivity index (χ0) is 23.6. The fourth-order valence-electron chi connectivity index (χ4n) is 3.75. The molecule has 4 rings (SSSR count). The van der Waals surface area contributed by atoms with Crippen LogP contribution in [0.4, 0.5) is 0 Å². The van der Waals surface area contributed by atoms with Crippen LogP contribution in [0.2, 0.25) is 0 Å². The average Bonchev–Trinajstić information content (AvgIpc) is 3.79. The van der Waals surface area contributed by atoms with Crippen LogP contribution in [-0.2, 0) is 9.47 Å². The Morgan fingerprint density at radius 3 is 1.32 bits per heavy atom. The minimum atomic E-state index is 0.181. The molecule has 34 heavy (non-hydrogen) atoms. The smallest absolute Gasteiger partial charge is 0.162 e. The first-order valence-corrected chi connectivity index (χ1v) is 12.4. The Morgan fingerprint density at radius 1 is 0.618 bits per heavy atom. The van der Waals surface area contributed by atoms with Crippen molar-refractivity contribution < 1.29 is 28.5 Å². The molecule has 2 aromatic rings. The van der Waals surface area contributed by atoms with E-state index in [-0.39, 0.29) is 23.8 Å². The van der Waals surface area contributed by atoms with Crippen LogP contribution in [0.3, 0.4) is 0 Å². The molecule has 0 aliphatic carbocycles. The number of epoxide rings is 2. The number of hydrogen-bond donors (Lipinski definition) is 0. The molecule has 2 atom stereocenters. The lowest BCUT2D eigenvalue weighted by molar-refractivity contribution is 0.0969. The van der Waals surface area contributed by atoms with Crippen LogP contribution in [0.15, 0.2) is 48.5 Å². The third-order valence-corrected chi connectivity index (χ3v) is 6.09. The van der Waals surface area contributed by atoms with Gasteiger partial charge in [-0.05, 0) is 61.4 Å². The predicted molar refractivity (Wildman–Crippen MR) is 129 cm³/mol. The Balaban J connectivity index is 1.01. The third-order valence-electron chi connectivity index (χ3n) is 6.09. The molecule has 6 heteroatoms. The van der Waals surface area contributed by atoms with Crippen LogP contribution < -0.4 is 9.47 Å². The van der Waals surface area contributed by atoms with Crippen molar-refractivity contribution in [2.24, 2.45) is 0 Å². The van der Waals surface area contributed by atoms with Gasteiger partial charge in [-0.2, -0.15) is 0 Å². The Kier molecular flexibility index (Phi) is 9.11. The fraction of sp³-hybridized carbons (Fsp3) is 0.500. The number of rotatable bonds is 17. The zero-order valence-electron chi connectivity index (χ0n) is 19.7. The first kappa shape index (κ1) is 24.4. The first-order chi connectivity index (χ1) is 16.7. The van der Waals surface area contributed by atoms with E-state index in [1.54, 1.807) is 0 Å². The second kappa shape index (κ2) is 12.7. The molecule has 6 nitrogen and oxygen atoms in total. The maximum atomic E-state index is 12.4. The summed E-state index contributed by atoms with van der Waals surface area (Å²) in [5, 5.41) is 0. The largest absolute Gasteiger partial charge is 0.491 e. The maximum absolute atomic E-state index is 12.4. The van der Waals surface area contributed by atoms with Crippen molar-refractivity contribution in [1.82, 2.24) is 0 Å². The summed E-state index contributed by atoms with van der Waals surface area (Å²) in [6, 6.07) is 14.8. The molecule has 182 valence electrons. The average molecular weight is 467 g/mol. The monoisotopic (exact) mass is 466 g/mol. The van der Waals surface area contributed by atoms with E-state index in [4.69, 9.17) is 18.9 Å². The molecule has 2 fully saturated rings. The number of benzene rings is 2. The molecule has 2 unspecified atom stereocenters. The summed E-state index contributed by atoms with van der Waals surface area (Å²) in [5.41, 5.74) is 1.48. The van der Waals surface area contributed by atoms with Gasteiger partial charge in [0.1, 0.15) is 36.9 Å². The SMILES string of the molecule is O=C(CCCCCCCCC(=O)c1ccc(OCC2CO2)cc1)c1ccc(OCC2CO2)cc1.